The highest BCUT2D eigenvalue weighted by atomic mass is 16.2. The third kappa shape index (κ3) is 5.97. The Morgan fingerprint density at radius 3 is 2.57 bits per heavy atom. The molecule has 1 saturated carbocycles. The standard InChI is InChI=1S/C24H39N5O/c1-18(2)28(4)16-21-12-8-7-11-20(21)15-26-24(25-3)27-22-13-14-29(17-22)23(30)19-9-5-6-10-19/h7-8,11-12,18-19,22H,5-6,9-10,13-17H2,1-4H3,(H2,25,26,27). The largest absolute Gasteiger partial charge is 0.352 e. The Morgan fingerprint density at radius 2 is 1.90 bits per heavy atom. The third-order valence-electron chi connectivity index (χ3n) is 6.63. The number of nitrogens with zero attached hydrogens (tertiary/aromatic N) is 3. The molecular weight excluding hydrogens is 374 g/mol. The number of hydrogen-bond acceptors (Lipinski definition) is 3. The average molecular weight is 414 g/mol. The molecule has 6 heteroatoms. The molecule has 1 heterocycles. The lowest BCUT2D eigenvalue weighted by atomic mass is 10.1. The van der Waals surface area contributed by atoms with E-state index in [2.05, 4.69) is 70.6 Å². The zero-order chi connectivity index (χ0) is 21.5. The van der Waals surface area contributed by atoms with E-state index >= 15 is 0 Å². The van der Waals surface area contributed by atoms with E-state index in [4.69, 9.17) is 0 Å². The summed E-state index contributed by atoms with van der Waals surface area (Å²) in [6.07, 6.45) is 5.53. The molecule has 0 radical (unpaired) electrons. The van der Waals surface area contributed by atoms with Crippen molar-refractivity contribution in [3.05, 3.63) is 35.4 Å². The first-order valence-electron chi connectivity index (χ1n) is 11.5. The van der Waals surface area contributed by atoms with Gasteiger partial charge in [-0.1, -0.05) is 37.1 Å². The lowest BCUT2D eigenvalue weighted by Gasteiger charge is -2.23. The zero-order valence-corrected chi connectivity index (χ0v) is 19.2. The summed E-state index contributed by atoms with van der Waals surface area (Å²) in [5.41, 5.74) is 2.63. The second-order valence-electron chi connectivity index (χ2n) is 9.10. The summed E-state index contributed by atoms with van der Waals surface area (Å²) in [7, 11) is 3.97. The lowest BCUT2D eigenvalue weighted by molar-refractivity contribution is -0.134. The molecule has 1 unspecified atom stereocenters. The number of likely N-dealkylation sites (tertiary alicyclic amines) is 1. The van der Waals surface area contributed by atoms with Gasteiger partial charge in [-0.15, -0.1) is 0 Å². The minimum absolute atomic E-state index is 0.265. The monoisotopic (exact) mass is 413 g/mol. The molecule has 1 aliphatic heterocycles. The van der Waals surface area contributed by atoms with Gasteiger partial charge in [0, 0.05) is 51.2 Å². The smallest absolute Gasteiger partial charge is 0.225 e. The highest BCUT2D eigenvalue weighted by Crippen LogP contribution is 2.27. The van der Waals surface area contributed by atoms with Crippen LogP contribution in [0.3, 0.4) is 0 Å². The molecule has 3 rings (SSSR count). The van der Waals surface area contributed by atoms with Crippen LogP contribution in [0.25, 0.3) is 0 Å². The molecule has 6 nitrogen and oxygen atoms in total. The number of guanidine groups is 1. The van der Waals surface area contributed by atoms with Crippen molar-refractivity contribution < 1.29 is 4.79 Å². The van der Waals surface area contributed by atoms with Crippen LogP contribution in [-0.4, -0.2) is 60.9 Å². The minimum Gasteiger partial charge on any atom is -0.352 e. The molecule has 0 bridgehead atoms. The predicted molar refractivity (Wildman–Crippen MR) is 123 cm³/mol. The van der Waals surface area contributed by atoms with Crippen molar-refractivity contribution in [3.8, 4) is 0 Å². The first kappa shape index (κ1) is 22.6. The van der Waals surface area contributed by atoms with E-state index in [-0.39, 0.29) is 12.0 Å². The van der Waals surface area contributed by atoms with Crippen LogP contribution in [0.1, 0.15) is 57.1 Å². The second-order valence-corrected chi connectivity index (χ2v) is 9.10. The highest BCUT2D eigenvalue weighted by Gasteiger charge is 2.32. The van der Waals surface area contributed by atoms with Crippen molar-refractivity contribution in [1.29, 1.82) is 0 Å². The van der Waals surface area contributed by atoms with E-state index in [0.717, 1.165) is 51.4 Å². The molecule has 0 aromatic heterocycles. The maximum atomic E-state index is 12.7. The SMILES string of the molecule is CN=C(NCc1ccccc1CN(C)C(C)C)NC1CCN(C(=O)C2CCCC2)C1. The topological polar surface area (TPSA) is 60.0 Å². The molecule has 0 spiro atoms. The van der Waals surface area contributed by atoms with E-state index in [0.29, 0.717) is 11.9 Å². The summed E-state index contributed by atoms with van der Waals surface area (Å²) < 4.78 is 0. The number of carbonyl (C=O) groups is 1. The van der Waals surface area contributed by atoms with E-state index in [1.54, 1.807) is 0 Å². The first-order valence-corrected chi connectivity index (χ1v) is 11.5. The van der Waals surface area contributed by atoms with Gasteiger partial charge in [0.15, 0.2) is 5.96 Å². The quantitative estimate of drug-likeness (QED) is 0.533. The molecule has 2 N–H and O–H groups in total. The summed E-state index contributed by atoms with van der Waals surface area (Å²) in [4.78, 5) is 21.5. The molecule has 30 heavy (non-hydrogen) atoms. The van der Waals surface area contributed by atoms with Gasteiger partial charge in [-0.2, -0.15) is 0 Å². The van der Waals surface area contributed by atoms with Crippen molar-refractivity contribution in [2.75, 3.05) is 27.2 Å². The molecule has 1 atom stereocenters. The molecular formula is C24H39N5O. The maximum Gasteiger partial charge on any atom is 0.225 e. The van der Waals surface area contributed by atoms with Crippen LogP contribution in [0.15, 0.2) is 29.3 Å². The van der Waals surface area contributed by atoms with Crippen molar-refractivity contribution in [2.24, 2.45) is 10.9 Å². The van der Waals surface area contributed by atoms with Gasteiger partial charge in [0.2, 0.25) is 5.91 Å². The Balaban J connectivity index is 1.50. The number of hydrogen-bond donors (Lipinski definition) is 2. The molecule has 1 aliphatic carbocycles. The molecule has 1 aromatic rings. The number of rotatable bonds is 7. The van der Waals surface area contributed by atoms with Crippen molar-refractivity contribution in [2.45, 2.75) is 71.1 Å². The van der Waals surface area contributed by atoms with Crippen LogP contribution in [-0.2, 0) is 17.9 Å². The number of benzene rings is 1. The van der Waals surface area contributed by atoms with E-state index in [9.17, 15) is 4.79 Å². The Hall–Kier alpha value is -2.08. The van der Waals surface area contributed by atoms with Gasteiger partial charge in [-0.25, -0.2) is 0 Å². The normalized spacial score (nSPS) is 20.4. The van der Waals surface area contributed by atoms with Gasteiger partial charge in [0.05, 0.1) is 0 Å². The maximum absolute atomic E-state index is 12.7. The number of nitrogens with one attached hydrogen (secondary N) is 2. The third-order valence-corrected chi connectivity index (χ3v) is 6.63. The molecule has 1 amide bonds. The zero-order valence-electron chi connectivity index (χ0n) is 19.2. The molecule has 1 saturated heterocycles. The molecule has 2 fully saturated rings. The van der Waals surface area contributed by atoms with Gasteiger partial charge >= 0.3 is 0 Å². The Kier molecular flexibility index (Phi) is 8.14. The van der Waals surface area contributed by atoms with Gasteiger partial charge in [0.25, 0.3) is 0 Å². The van der Waals surface area contributed by atoms with Crippen LogP contribution in [0, 0.1) is 5.92 Å². The van der Waals surface area contributed by atoms with Gasteiger partial charge in [0.1, 0.15) is 0 Å². The first-order chi connectivity index (χ1) is 14.5. The highest BCUT2D eigenvalue weighted by molar-refractivity contribution is 5.81. The van der Waals surface area contributed by atoms with Crippen LogP contribution in [0.5, 0.6) is 0 Å². The summed E-state index contributed by atoms with van der Waals surface area (Å²) in [5, 5.41) is 7.00. The summed E-state index contributed by atoms with van der Waals surface area (Å²) in [6, 6.07) is 9.36. The molecule has 166 valence electrons. The Bertz CT molecular complexity index is 726. The minimum atomic E-state index is 0.265. The fourth-order valence-electron chi connectivity index (χ4n) is 4.41. The Morgan fingerprint density at radius 1 is 1.20 bits per heavy atom. The van der Waals surface area contributed by atoms with E-state index in [1.165, 1.54) is 24.0 Å². The van der Waals surface area contributed by atoms with Crippen LogP contribution in [0.2, 0.25) is 0 Å². The number of carbonyl (C=O) groups excluding carboxylic acids is 1. The van der Waals surface area contributed by atoms with Crippen LogP contribution >= 0.6 is 0 Å². The second kappa shape index (κ2) is 10.8. The molecule has 2 aliphatic rings. The van der Waals surface area contributed by atoms with E-state index in [1.807, 2.05) is 7.05 Å². The van der Waals surface area contributed by atoms with Crippen molar-refractivity contribution in [1.82, 2.24) is 20.4 Å². The van der Waals surface area contributed by atoms with Gasteiger partial charge in [-0.05, 0) is 51.3 Å². The van der Waals surface area contributed by atoms with Gasteiger partial charge in [-0.3, -0.25) is 14.7 Å². The van der Waals surface area contributed by atoms with Gasteiger partial charge < -0.3 is 15.5 Å². The fraction of sp³-hybridized carbons (Fsp3) is 0.667. The number of amides is 1. The van der Waals surface area contributed by atoms with E-state index < -0.39 is 0 Å². The summed E-state index contributed by atoms with van der Waals surface area (Å²) in [6.45, 7) is 7.74. The van der Waals surface area contributed by atoms with Crippen molar-refractivity contribution >= 4 is 11.9 Å². The van der Waals surface area contributed by atoms with Crippen LogP contribution in [0.4, 0.5) is 0 Å². The summed E-state index contributed by atoms with van der Waals surface area (Å²) >= 11 is 0. The summed E-state index contributed by atoms with van der Waals surface area (Å²) in [5.74, 6) is 1.44. The van der Waals surface area contributed by atoms with Crippen molar-refractivity contribution in [3.63, 3.8) is 0 Å². The molecule has 1 aromatic carbocycles. The van der Waals surface area contributed by atoms with Crippen LogP contribution < -0.4 is 10.6 Å². The lowest BCUT2D eigenvalue weighted by Crippen LogP contribution is -2.45. The number of aliphatic imine (C=N–C) groups is 1. The average Bonchev–Trinajstić information content (AvgIpc) is 3.43. The Labute approximate surface area is 182 Å². The predicted octanol–water partition coefficient (Wildman–Crippen LogP) is 2.98. The fourth-order valence-corrected chi connectivity index (χ4v) is 4.41.